The van der Waals surface area contributed by atoms with E-state index in [0.717, 1.165) is 10.9 Å². The fourth-order valence-corrected chi connectivity index (χ4v) is 3.23. The summed E-state index contributed by atoms with van der Waals surface area (Å²) in [5.41, 5.74) is 2.76. The smallest absolute Gasteiger partial charge is 0.341 e. The number of ketones is 1. The molecule has 0 aliphatic heterocycles. The Hall–Kier alpha value is -3.35. The summed E-state index contributed by atoms with van der Waals surface area (Å²) in [7, 11) is 0. The number of ether oxygens (including phenoxy) is 2. The number of carbonyl (C=O) groups excluding carboxylic acids is 3. The zero-order chi connectivity index (χ0) is 20.4. The summed E-state index contributed by atoms with van der Waals surface area (Å²) in [5.74, 6) is -1.49. The minimum Gasteiger partial charge on any atom is -0.462 e. The molecule has 0 spiro atoms. The van der Waals surface area contributed by atoms with Crippen LogP contribution in [-0.2, 0) is 9.47 Å². The van der Waals surface area contributed by atoms with E-state index in [2.05, 4.69) is 9.97 Å². The second-order valence-corrected chi connectivity index (χ2v) is 6.51. The van der Waals surface area contributed by atoms with Gasteiger partial charge in [-0.15, -0.1) is 0 Å². The highest BCUT2D eigenvalue weighted by Crippen LogP contribution is 2.23. The van der Waals surface area contributed by atoms with E-state index in [9.17, 15) is 14.4 Å². The number of Topliss-reactive ketones (excluding diaryl/α,β-unsaturated/α-hetero) is 1. The average molecular weight is 382 g/mol. The lowest BCUT2D eigenvalue weighted by Gasteiger charge is -2.12. The van der Waals surface area contributed by atoms with Crippen molar-refractivity contribution < 1.29 is 23.9 Å². The molecule has 0 fully saturated rings. The van der Waals surface area contributed by atoms with Gasteiger partial charge in [0, 0.05) is 22.8 Å². The molecule has 0 aliphatic rings. The molecule has 3 aromatic rings. The van der Waals surface area contributed by atoms with Gasteiger partial charge >= 0.3 is 11.9 Å². The Balaban J connectivity index is 1.80. The number of H-pyrrole nitrogens is 2. The largest absolute Gasteiger partial charge is 0.462 e. The molecule has 7 nitrogen and oxygen atoms in total. The van der Waals surface area contributed by atoms with Gasteiger partial charge in [-0.25, -0.2) is 9.59 Å². The van der Waals surface area contributed by atoms with Crippen LogP contribution in [0, 0.1) is 13.8 Å². The van der Waals surface area contributed by atoms with Gasteiger partial charge in [-0.2, -0.15) is 0 Å². The number of nitrogens with one attached hydrogen (secondary N) is 2. The first kappa shape index (κ1) is 19.4. The molecule has 7 heteroatoms. The normalized spacial score (nSPS) is 12.0. The number of carbonyl (C=O) groups is 3. The van der Waals surface area contributed by atoms with Crippen LogP contribution < -0.4 is 0 Å². The van der Waals surface area contributed by atoms with E-state index in [0.29, 0.717) is 22.4 Å². The Morgan fingerprint density at radius 2 is 1.82 bits per heavy atom. The second-order valence-electron chi connectivity index (χ2n) is 6.51. The van der Waals surface area contributed by atoms with E-state index in [1.807, 2.05) is 18.2 Å². The van der Waals surface area contributed by atoms with Crippen molar-refractivity contribution in [1.29, 1.82) is 0 Å². The summed E-state index contributed by atoms with van der Waals surface area (Å²) < 4.78 is 10.4. The van der Waals surface area contributed by atoms with Crippen LogP contribution in [0.2, 0.25) is 0 Å². The summed E-state index contributed by atoms with van der Waals surface area (Å²) in [6.07, 6.45) is 0.542. The molecule has 0 saturated carbocycles. The van der Waals surface area contributed by atoms with Crippen molar-refractivity contribution in [3.8, 4) is 0 Å². The number of aromatic nitrogens is 2. The molecule has 3 rings (SSSR count). The number of rotatable bonds is 6. The van der Waals surface area contributed by atoms with E-state index in [-0.39, 0.29) is 12.3 Å². The second kappa shape index (κ2) is 7.72. The van der Waals surface area contributed by atoms with Gasteiger partial charge in [-0.1, -0.05) is 18.2 Å². The molecule has 28 heavy (non-hydrogen) atoms. The van der Waals surface area contributed by atoms with Crippen molar-refractivity contribution >= 4 is 28.6 Å². The van der Waals surface area contributed by atoms with Crippen LogP contribution in [0.15, 0.2) is 30.5 Å². The van der Waals surface area contributed by atoms with E-state index in [4.69, 9.17) is 9.47 Å². The van der Waals surface area contributed by atoms with Crippen molar-refractivity contribution in [2.24, 2.45) is 0 Å². The third kappa shape index (κ3) is 3.43. The van der Waals surface area contributed by atoms with E-state index in [1.54, 1.807) is 33.0 Å². The van der Waals surface area contributed by atoms with Gasteiger partial charge in [0.1, 0.15) is 0 Å². The summed E-state index contributed by atoms with van der Waals surface area (Å²) in [4.78, 5) is 43.4. The Morgan fingerprint density at radius 1 is 1.11 bits per heavy atom. The number of para-hydroxylation sites is 1. The van der Waals surface area contributed by atoms with E-state index < -0.39 is 23.8 Å². The van der Waals surface area contributed by atoms with Gasteiger partial charge in [-0.3, -0.25) is 4.79 Å². The third-order valence-electron chi connectivity index (χ3n) is 4.63. The molecule has 146 valence electrons. The average Bonchev–Trinajstić information content (AvgIpc) is 3.22. The minimum absolute atomic E-state index is 0.236. The quantitative estimate of drug-likeness (QED) is 0.500. The molecule has 2 aromatic heterocycles. The number of aromatic amines is 2. The topological polar surface area (TPSA) is 101 Å². The fraction of sp³-hybridized carbons (Fsp3) is 0.286. The summed E-state index contributed by atoms with van der Waals surface area (Å²) in [6.45, 7) is 6.82. The molecule has 0 bridgehead atoms. The predicted molar refractivity (Wildman–Crippen MR) is 104 cm³/mol. The summed E-state index contributed by atoms with van der Waals surface area (Å²) >= 11 is 0. The van der Waals surface area contributed by atoms with Crippen LogP contribution in [0.5, 0.6) is 0 Å². The van der Waals surface area contributed by atoms with Crippen molar-refractivity contribution in [3.05, 3.63) is 58.5 Å². The molecule has 1 atom stereocenters. The monoisotopic (exact) mass is 382 g/mol. The van der Waals surface area contributed by atoms with Crippen LogP contribution in [0.3, 0.4) is 0 Å². The highest BCUT2D eigenvalue weighted by Gasteiger charge is 2.28. The molecule has 0 aliphatic carbocycles. The summed E-state index contributed by atoms with van der Waals surface area (Å²) in [6, 6.07) is 7.34. The van der Waals surface area contributed by atoms with Gasteiger partial charge in [0.25, 0.3) is 0 Å². The Kier molecular flexibility index (Phi) is 5.35. The Labute approximate surface area is 162 Å². The lowest BCUT2D eigenvalue weighted by molar-refractivity contribution is 0.0318. The Morgan fingerprint density at radius 3 is 2.54 bits per heavy atom. The van der Waals surface area contributed by atoms with Crippen molar-refractivity contribution in [1.82, 2.24) is 9.97 Å². The van der Waals surface area contributed by atoms with Crippen LogP contribution in [0.1, 0.15) is 56.3 Å². The van der Waals surface area contributed by atoms with E-state index in [1.165, 1.54) is 6.92 Å². The number of benzene rings is 1. The first-order chi connectivity index (χ1) is 13.3. The van der Waals surface area contributed by atoms with Crippen LogP contribution in [-0.4, -0.2) is 40.4 Å². The third-order valence-corrected chi connectivity index (χ3v) is 4.63. The number of esters is 2. The molecule has 0 radical (unpaired) electrons. The van der Waals surface area contributed by atoms with Gasteiger partial charge < -0.3 is 19.4 Å². The molecular weight excluding hydrogens is 360 g/mol. The van der Waals surface area contributed by atoms with Gasteiger partial charge in [0.15, 0.2) is 6.10 Å². The maximum absolute atomic E-state index is 12.8. The maximum atomic E-state index is 12.8. The molecule has 2 heterocycles. The molecule has 2 N–H and O–H groups in total. The number of hydrogen-bond acceptors (Lipinski definition) is 5. The lowest BCUT2D eigenvalue weighted by Crippen LogP contribution is -2.25. The molecule has 0 saturated heterocycles. The summed E-state index contributed by atoms with van der Waals surface area (Å²) in [5, 5.41) is 0.726. The predicted octanol–water partition coefficient (Wildman–Crippen LogP) is 3.72. The standard InChI is InChI=1S/C21H22N2O5/c1-5-27-21(26)17-11(2)18(23-12(17)3)19(24)13(4)28-20(25)15-10-22-16-9-7-6-8-14(15)16/h6-10,13,22-23H,5H2,1-4H3/t13-/m1/s1. The van der Waals surface area contributed by atoms with Crippen molar-refractivity contribution in [3.63, 3.8) is 0 Å². The van der Waals surface area contributed by atoms with E-state index >= 15 is 0 Å². The highest BCUT2D eigenvalue weighted by atomic mass is 16.5. The first-order valence-corrected chi connectivity index (χ1v) is 9.02. The van der Waals surface area contributed by atoms with Crippen LogP contribution in [0.4, 0.5) is 0 Å². The zero-order valence-corrected chi connectivity index (χ0v) is 16.2. The SMILES string of the molecule is CCOC(=O)c1c(C)[nH]c(C(=O)[C@@H](C)OC(=O)c2c[nH]c3ccccc23)c1C. The molecule has 0 unspecified atom stereocenters. The highest BCUT2D eigenvalue weighted by molar-refractivity contribution is 6.07. The Bertz CT molecular complexity index is 1060. The fourth-order valence-electron chi connectivity index (χ4n) is 3.23. The zero-order valence-electron chi connectivity index (χ0n) is 16.2. The number of aryl methyl sites for hydroxylation is 1. The van der Waals surface area contributed by atoms with Crippen LogP contribution >= 0.6 is 0 Å². The number of hydrogen-bond donors (Lipinski definition) is 2. The molecule has 0 amide bonds. The van der Waals surface area contributed by atoms with Crippen molar-refractivity contribution in [2.75, 3.05) is 6.61 Å². The van der Waals surface area contributed by atoms with Crippen molar-refractivity contribution in [2.45, 2.75) is 33.8 Å². The van der Waals surface area contributed by atoms with Crippen LogP contribution in [0.25, 0.3) is 10.9 Å². The number of fused-ring (bicyclic) bond motifs is 1. The minimum atomic E-state index is -1.02. The molecular formula is C21H22N2O5. The lowest BCUT2D eigenvalue weighted by atomic mass is 10.1. The molecule has 1 aromatic carbocycles. The van der Waals surface area contributed by atoms with Gasteiger partial charge in [-0.05, 0) is 39.3 Å². The van der Waals surface area contributed by atoms with Gasteiger partial charge in [0.2, 0.25) is 5.78 Å². The maximum Gasteiger partial charge on any atom is 0.341 e. The van der Waals surface area contributed by atoms with Gasteiger partial charge in [0.05, 0.1) is 23.4 Å². The first-order valence-electron chi connectivity index (χ1n) is 9.02.